The number of hydrogen-bond donors (Lipinski definition) is 0. The number of rotatable bonds is 4. The van der Waals surface area contributed by atoms with Crippen molar-refractivity contribution in [2.45, 2.75) is 15.2 Å². The number of fused-ring (bicyclic) bond motifs is 14. The first-order chi connectivity index (χ1) is 29.7. The SMILES string of the molecule is O=P(c1ccccc1)(c1ccccc1)c1ccc(-n2c3ccccc3c3cc4c(cc32)Sc2ccccc2C42c3ccccc3-n3c4ccccc4c4cccc2c43)cc1. The Morgan fingerprint density at radius 2 is 0.933 bits per heavy atom. The second-order valence-electron chi connectivity index (χ2n) is 15.9. The summed E-state index contributed by atoms with van der Waals surface area (Å²) in [5, 5.41) is 7.45. The van der Waals surface area contributed by atoms with Crippen LogP contribution in [0.1, 0.15) is 22.3 Å². The molecule has 0 bridgehead atoms. The Labute approximate surface area is 351 Å². The smallest absolute Gasteiger partial charge is 0.171 e. The summed E-state index contributed by atoms with van der Waals surface area (Å²) in [5.74, 6) is 0. The Morgan fingerprint density at radius 3 is 1.67 bits per heavy atom. The number of para-hydroxylation sites is 4. The van der Waals surface area contributed by atoms with Gasteiger partial charge in [-0.3, -0.25) is 0 Å². The zero-order chi connectivity index (χ0) is 39.6. The lowest BCUT2D eigenvalue weighted by Crippen LogP contribution is -2.37. The fraction of sp³-hybridized carbons (Fsp3) is 0.0182. The molecule has 2 aromatic heterocycles. The van der Waals surface area contributed by atoms with E-state index >= 15 is 4.57 Å². The average Bonchev–Trinajstić information content (AvgIpc) is 3.83. The minimum atomic E-state index is -3.13. The second-order valence-corrected chi connectivity index (χ2v) is 19.8. The number of aromatic nitrogens is 2. The molecule has 60 heavy (non-hydrogen) atoms. The first-order valence-corrected chi connectivity index (χ1v) is 23.0. The van der Waals surface area contributed by atoms with Gasteiger partial charge in [0.1, 0.15) is 0 Å². The summed E-state index contributed by atoms with van der Waals surface area (Å²) in [7, 11) is -3.13. The van der Waals surface area contributed by atoms with Crippen molar-refractivity contribution in [3.05, 3.63) is 235 Å². The monoisotopic (exact) mass is 802 g/mol. The lowest BCUT2D eigenvalue weighted by atomic mass is 9.62. The quantitative estimate of drug-likeness (QED) is 0.166. The van der Waals surface area contributed by atoms with Crippen LogP contribution in [0.3, 0.4) is 0 Å². The van der Waals surface area contributed by atoms with Crippen LogP contribution >= 0.6 is 18.9 Å². The third-order valence-electron chi connectivity index (χ3n) is 13.0. The van der Waals surface area contributed by atoms with Gasteiger partial charge in [0.05, 0.1) is 33.2 Å². The molecule has 1 spiro atoms. The lowest BCUT2D eigenvalue weighted by molar-refractivity contribution is 0.592. The summed E-state index contributed by atoms with van der Waals surface area (Å²) >= 11 is 1.87. The zero-order valence-electron chi connectivity index (χ0n) is 32.4. The first-order valence-electron chi connectivity index (χ1n) is 20.5. The van der Waals surface area contributed by atoms with Crippen LogP contribution in [-0.2, 0) is 9.98 Å². The van der Waals surface area contributed by atoms with Crippen molar-refractivity contribution < 1.29 is 4.57 Å². The molecule has 0 N–H and O–H groups in total. The van der Waals surface area contributed by atoms with Crippen LogP contribution < -0.4 is 15.9 Å². The van der Waals surface area contributed by atoms with Crippen molar-refractivity contribution in [1.82, 2.24) is 9.13 Å². The molecule has 0 amide bonds. The number of nitrogens with zero attached hydrogens (tertiary/aromatic N) is 2. The third kappa shape index (κ3) is 4.39. The van der Waals surface area contributed by atoms with Gasteiger partial charge in [-0.05, 0) is 82.9 Å². The largest absolute Gasteiger partial charge is 0.309 e. The van der Waals surface area contributed by atoms with Crippen LogP contribution in [0, 0.1) is 0 Å². The summed E-state index contributed by atoms with van der Waals surface area (Å²) in [6, 6.07) is 75.9. The van der Waals surface area contributed by atoms with E-state index in [0.29, 0.717) is 0 Å². The van der Waals surface area contributed by atoms with Crippen LogP contribution in [0.15, 0.2) is 222 Å². The minimum absolute atomic E-state index is 0.563. The van der Waals surface area contributed by atoms with Gasteiger partial charge in [0.25, 0.3) is 0 Å². The van der Waals surface area contributed by atoms with Crippen LogP contribution in [0.25, 0.3) is 55.0 Å². The Bertz CT molecular complexity index is 3560. The molecule has 0 saturated heterocycles. The molecule has 1 unspecified atom stereocenters. The molecule has 282 valence electrons. The van der Waals surface area contributed by atoms with E-state index in [2.05, 4.69) is 161 Å². The van der Waals surface area contributed by atoms with Gasteiger partial charge in [-0.2, -0.15) is 0 Å². The van der Waals surface area contributed by atoms with E-state index in [1.165, 1.54) is 70.3 Å². The van der Waals surface area contributed by atoms with E-state index < -0.39 is 12.6 Å². The molecular formula is C55H35N2OPS. The Kier molecular flexibility index (Phi) is 7.14. The molecule has 11 aromatic rings. The summed E-state index contributed by atoms with van der Waals surface area (Å²) in [6.07, 6.45) is 0. The van der Waals surface area contributed by atoms with Crippen molar-refractivity contribution in [2.75, 3.05) is 0 Å². The molecule has 0 saturated carbocycles. The van der Waals surface area contributed by atoms with E-state index in [-0.39, 0.29) is 0 Å². The molecule has 3 nitrogen and oxygen atoms in total. The van der Waals surface area contributed by atoms with Gasteiger partial charge in [-0.15, -0.1) is 0 Å². The molecule has 1 atom stereocenters. The van der Waals surface area contributed by atoms with Gasteiger partial charge < -0.3 is 13.7 Å². The van der Waals surface area contributed by atoms with E-state index in [1.807, 2.05) is 72.4 Å². The molecule has 2 aliphatic rings. The van der Waals surface area contributed by atoms with Crippen LogP contribution in [0.4, 0.5) is 0 Å². The highest BCUT2D eigenvalue weighted by atomic mass is 32.2. The maximum absolute atomic E-state index is 15.3. The van der Waals surface area contributed by atoms with Gasteiger partial charge in [-0.25, -0.2) is 0 Å². The lowest BCUT2D eigenvalue weighted by Gasteiger charge is -2.45. The van der Waals surface area contributed by atoms with Gasteiger partial charge in [-0.1, -0.05) is 163 Å². The molecule has 4 heterocycles. The predicted molar refractivity (Wildman–Crippen MR) is 251 cm³/mol. The maximum atomic E-state index is 15.3. The minimum Gasteiger partial charge on any atom is -0.309 e. The van der Waals surface area contributed by atoms with Crippen molar-refractivity contribution in [1.29, 1.82) is 0 Å². The molecular weight excluding hydrogens is 768 g/mol. The Balaban J connectivity index is 1.08. The van der Waals surface area contributed by atoms with Crippen LogP contribution in [-0.4, -0.2) is 9.13 Å². The summed E-state index contributed by atoms with van der Waals surface area (Å²) in [4.78, 5) is 2.52. The highest BCUT2D eigenvalue weighted by molar-refractivity contribution is 7.99. The van der Waals surface area contributed by atoms with Crippen LogP contribution in [0.2, 0.25) is 0 Å². The zero-order valence-corrected chi connectivity index (χ0v) is 34.1. The highest BCUT2D eigenvalue weighted by Crippen LogP contribution is 2.61. The molecule has 0 aliphatic carbocycles. The fourth-order valence-electron chi connectivity index (χ4n) is 10.6. The van der Waals surface area contributed by atoms with E-state index in [0.717, 1.165) is 32.6 Å². The molecule has 0 radical (unpaired) electrons. The second kappa shape index (κ2) is 12.6. The van der Waals surface area contributed by atoms with Gasteiger partial charge in [0.15, 0.2) is 7.14 Å². The summed E-state index contributed by atoms with van der Waals surface area (Å²) in [6.45, 7) is 0. The van der Waals surface area contributed by atoms with Crippen molar-refractivity contribution in [2.24, 2.45) is 0 Å². The summed E-state index contributed by atoms with van der Waals surface area (Å²) in [5.41, 5.74) is 11.7. The standard InChI is InChI=1S/C55H35N2OPS/c58-59(37-16-3-1-4-17-37,38-18-5-2-6-19-38)39-32-30-36(31-33-39)56-48-26-11-8-21-41(48)43-34-47-53(35-51(43)56)60-52-29-14-10-24-45(52)55(47)44-23-9-13-28-50(44)57-49-27-12-7-20-40(49)42-22-15-25-46(55)54(42)57/h1-35H. The third-order valence-corrected chi connectivity index (χ3v) is 17.3. The molecule has 5 heteroatoms. The first kappa shape index (κ1) is 34.1. The van der Waals surface area contributed by atoms with Crippen molar-refractivity contribution >= 4 is 78.4 Å². The van der Waals surface area contributed by atoms with Crippen molar-refractivity contribution in [3.8, 4) is 11.4 Å². The molecule has 2 aliphatic heterocycles. The predicted octanol–water partition coefficient (Wildman–Crippen LogP) is 12.7. The summed E-state index contributed by atoms with van der Waals surface area (Å²) < 4.78 is 20.2. The topological polar surface area (TPSA) is 26.9 Å². The normalized spacial score (nSPS) is 15.4. The Morgan fingerprint density at radius 1 is 0.383 bits per heavy atom. The van der Waals surface area contributed by atoms with Gasteiger partial charge in [0.2, 0.25) is 0 Å². The number of hydrogen-bond acceptors (Lipinski definition) is 2. The maximum Gasteiger partial charge on any atom is 0.171 e. The fourth-order valence-corrected chi connectivity index (χ4v) is 14.5. The average molecular weight is 803 g/mol. The Hall–Kier alpha value is -6.84. The highest BCUT2D eigenvalue weighted by Gasteiger charge is 2.49. The molecule has 13 rings (SSSR count). The van der Waals surface area contributed by atoms with E-state index in [4.69, 9.17) is 0 Å². The van der Waals surface area contributed by atoms with E-state index in [1.54, 1.807) is 0 Å². The number of benzene rings is 9. The van der Waals surface area contributed by atoms with Gasteiger partial charge in [0, 0.05) is 52.9 Å². The molecule has 9 aromatic carbocycles. The van der Waals surface area contributed by atoms with Crippen molar-refractivity contribution in [3.63, 3.8) is 0 Å². The molecule has 0 fully saturated rings. The van der Waals surface area contributed by atoms with Gasteiger partial charge >= 0.3 is 0 Å². The van der Waals surface area contributed by atoms with Crippen LogP contribution in [0.5, 0.6) is 0 Å². The van der Waals surface area contributed by atoms with E-state index in [9.17, 15) is 0 Å².